The normalized spacial score (nSPS) is 14.6. The number of methoxy groups -OCH3 is 2. The van der Waals surface area contributed by atoms with Crippen LogP contribution in [0.4, 0.5) is 0 Å². The molecule has 5 rings (SSSR count). The van der Waals surface area contributed by atoms with Crippen LogP contribution in [0.3, 0.4) is 0 Å². The van der Waals surface area contributed by atoms with E-state index in [1.807, 2.05) is 84.6 Å². The molecule has 7 nitrogen and oxygen atoms in total. The highest BCUT2D eigenvalue weighted by atomic mass is 16.5. The summed E-state index contributed by atoms with van der Waals surface area (Å²) in [6.45, 7) is 3.06. The van der Waals surface area contributed by atoms with E-state index in [2.05, 4.69) is 10.2 Å². The smallest absolute Gasteiger partial charge is 0.273 e. The number of ether oxygens (including phenoxy) is 3. The summed E-state index contributed by atoms with van der Waals surface area (Å²) in [4.78, 5) is 15.6. The van der Waals surface area contributed by atoms with Gasteiger partial charge in [-0.1, -0.05) is 48.5 Å². The Bertz CT molecular complexity index is 1370. The first-order chi connectivity index (χ1) is 17.6. The Hall–Kier alpha value is -4.26. The van der Waals surface area contributed by atoms with Crippen LogP contribution in [0.1, 0.15) is 40.1 Å². The van der Waals surface area contributed by atoms with Crippen LogP contribution >= 0.6 is 0 Å². The fourth-order valence-corrected chi connectivity index (χ4v) is 4.82. The molecule has 2 heterocycles. The van der Waals surface area contributed by atoms with Gasteiger partial charge in [-0.3, -0.25) is 9.89 Å². The highest BCUT2D eigenvalue weighted by Gasteiger charge is 2.42. The van der Waals surface area contributed by atoms with Gasteiger partial charge in [-0.15, -0.1) is 0 Å². The zero-order chi connectivity index (χ0) is 25.1. The second-order valence-electron chi connectivity index (χ2n) is 8.57. The maximum absolute atomic E-state index is 13.7. The van der Waals surface area contributed by atoms with Crippen molar-refractivity contribution in [2.75, 3.05) is 27.4 Å². The molecule has 0 saturated heterocycles. The van der Waals surface area contributed by atoms with Crippen molar-refractivity contribution in [1.82, 2.24) is 15.1 Å². The lowest BCUT2D eigenvalue weighted by molar-refractivity contribution is 0.0745. The van der Waals surface area contributed by atoms with Gasteiger partial charge in [0.1, 0.15) is 11.4 Å². The topological polar surface area (TPSA) is 76.7 Å². The van der Waals surface area contributed by atoms with Gasteiger partial charge in [0.15, 0.2) is 11.5 Å². The molecule has 0 spiro atoms. The molecule has 1 aliphatic heterocycles. The van der Waals surface area contributed by atoms with Crippen molar-refractivity contribution >= 4 is 5.91 Å². The number of aromatic nitrogens is 2. The average Bonchev–Trinajstić information content (AvgIpc) is 3.46. The number of amides is 1. The number of benzene rings is 3. The molecule has 1 aliphatic rings. The van der Waals surface area contributed by atoms with E-state index < -0.39 is 0 Å². The second-order valence-corrected chi connectivity index (χ2v) is 8.57. The van der Waals surface area contributed by atoms with Crippen molar-refractivity contribution in [2.24, 2.45) is 0 Å². The highest BCUT2D eigenvalue weighted by molar-refractivity contribution is 6.00. The summed E-state index contributed by atoms with van der Waals surface area (Å²) in [5.74, 6) is 2.06. The van der Waals surface area contributed by atoms with E-state index in [0.717, 1.165) is 33.7 Å². The van der Waals surface area contributed by atoms with Crippen LogP contribution < -0.4 is 14.2 Å². The molecule has 0 fully saturated rings. The Morgan fingerprint density at radius 1 is 0.944 bits per heavy atom. The molecule has 1 aromatic heterocycles. The summed E-state index contributed by atoms with van der Waals surface area (Å²) in [6, 6.07) is 23.5. The predicted molar refractivity (Wildman–Crippen MR) is 138 cm³/mol. The standard InChI is InChI=1S/C29H29N3O4/c1-4-36-22-12-8-11-21(18-22)28-25-26(20-9-6-5-7-10-20)30-31-27(25)29(33)32(28)16-15-19-13-14-23(34-2)24(17-19)35-3/h5-14,17-18,28H,4,15-16H2,1-3H3,(H,30,31). The Labute approximate surface area is 210 Å². The lowest BCUT2D eigenvalue weighted by Crippen LogP contribution is -2.31. The van der Waals surface area contributed by atoms with Crippen molar-refractivity contribution in [3.63, 3.8) is 0 Å². The monoisotopic (exact) mass is 483 g/mol. The molecule has 7 heteroatoms. The number of nitrogens with one attached hydrogen (secondary N) is 1. The van der Waals surface area contributed by atoms with Crippen LogP contribution in [0.2, 0.25) is 0 Å². The van der Waals surface area contributed by atoms with Crippen molar-refractivity contribution in [1.29, 1.82) is 0 Å². The van der Waals surface area contributed by atoms with Gasteiger partial charge in [0.25, 0.3) is 5.91 Å². The number of rotatable bonds is 9. The third kappa shape index (κ3) is 4.28. The van der Waals surface area contributed by atoms with Crippen molar-refractivity contribution < 1.29 is 19.0 Å². The van der Waals surface area contributed by atoms with E-state index in [9.17, 15) is 4.79 Å². The number of fused-ring (bicyclic) bond motifs is 1. The molecule has 3 aromatic carbocycles. The molecule has 1 N–H and O–H groups in total. The third-order valence-electron chi connectivity index (χ3n) is 6.49. The summed E-state index contributed by atoms with van der Waals surface area (Å²) in [5.41, 5.74) is 5.23. The van der Waals surface area contributed by atoms with Crippen molar-refractivity contribution in [3.8, 4) is 28.5 Å². The molecule has 0 bridgehead atoms. The van der Waals surface area contributed by atoms with Crippen molar-refractivity contribution in [3.05, 3.63) is 95.2 Å². The Morgan fingerprint density at radius 3 is 2.50 bits per heavy atom. The SMILES string of the molecule is CCOc1cccc(C2c3c(-c4ccccc4)n[nH]c3C(=O)N2CCc2ccc(OC)c(OC)c2)c1. The predicted octanol–water partition coefficient (Wildman–Crippen LogP) is 5.28. The van der Waals surface area contributed by atoms with Crippen LogP contribution in [0.25, 0.3) is 11.3 Å². The molecular weight excluding hydrogens is 454 g/mol. The highest BCUT2D eigenvalue weighted by Crippen LogP contribution is 2.43. The van der Waals surface area contributed by atoms with Crippen LogP contribution in [0.15, 0.2) is 72.8 Å². The fraction of sp³-hybridized carbons (Fsp3) is 0.241. The minimum absolute atomic E-state index is 0.0630. The van der Waals surface area contributed by atoms with Gasteiger partial charge in [0.2, 0.25) is 0 Å². The van der Waals surface area contributed by atoms with E-state index in [0.29, 0.717) is 36.8 Å². The zero-order valence-electron chi connectivity index (χ0n) is 20.7. The van der Waals surface area contributed by atoms with Gasteiger partial charge >= 0.3 is 0 Å². The van der Waals surface area contributed by atoms with Crippen LogP contribution in [0, 0.1) is 0 Å². The third-order valence-corrected chi connectivity index (χ3v) is 6.49. The van der Waals surface area contributed by atoms with Gasteiger partial charge in [-0.2, -0.15) is 5.10 Å². The summed E-state index contributed by atoms with van der Waals surface area (Å²) in [6.07, 6.45) is 0.659. The summed E-state index contributed by atoms with van der Waals surface area (Å²) >= 11 is 0. The number of H-pyrrole nitrogens is 1. The largest absolute Gasteiger partial charge is 0.494 e. The maximum atomic E-state index is 13.7. The first kappa shape index (κ1) is 23.5. The lowest BCUT2D eigenvalue weighted by atomic mass is 9.95. The number of aromatic amines is 1. The first-order valence-electron chi connectivity index (χ1n) is 12.0. The van der Waals surface area contributed by atoms with Gasteiger partial charge in [-0.05, 0) is 48.7 Å². The molecule has 0 aliphatic carbocycles. The van der Waals surface area contributed by atoms with E-state index in [-0.39, 0.29) is 11.9 Å². The Balaban J connectivity index is 1.53. The average molecular weight is 484 g/mol. The van der Waals surface area contributed by atoms with Gasteiger partial charge < -0.3 is 19.1 Å². The quantitative estimate of drug-likeness (QED) is 0.351. The van der Waals surface area contributed by atoms with Gasteiger partial charge in [0, 0.05) is 17.7 Å². The van der Waals surface area contributed by atoms with E-state index in [4.69, 9.17) is 14.2 Å². The van der Waals surface area contributed by atoms with E-state index >= 15 is 0 Å². The lowest BCUT2D eigenvalue weighted by Gasteiger charge is -2.27. The molecule has 4 aromatic rings. The number of hydrogen-bond acceptors (Lipinski definition) is 5. The van der Waals surface area contributed by atoms with E-state index in [1.165, 1.54) is 0 Å². The first-order valence-corrected chi connectivity index (χ1v) is 12.0. The molecule has 0 radical (unpaired) electrons. The molecule has 1 amide bonds. The zero-order valence-corrected chi connectivity index (χ0v) is 20.7. The number of carbonyl (C=O) groups is 1. The molecular formula is C29H29N3O4. The molecule has 0 saturated carbocycles. The molecule has 1 atom stereocenters. The molecule has 36 heavy (non-hydrogen) atoms. The maximum Gasteiger partial charge on any atom is 0.273 e. The van der Waals surface area contributed by atoms with Gasteiger partial charge in [0.05, 0.1) is 32.6 Å². The molecule has 1 unspecified atom stereocenters. The minimum atomic E-state index is -0.290. The second kappa shape index (κ2) is 10.2. The summed E-state index contributed by atoms with van der Waals surface area (Å²) < 4.78 is 16.6. The fourth-order valence-electron chi connectivity index (χ4n) is 4.82. The Morgan fingerprint density at radius 2 is 1.75 bits per heavy atom. The number of nitrogens with zero attached hydrogens (tertiary/aromatic N) is 2. The van der Waals surface area contributed by atoms with Crippen LogP contribution in [-0.2, 0) is 6.42 Å². The van der Waals surface area contributed by atoms with E-state index in [1.54, 1.807) is 14.2 Å². The van der Waals surface area contributed by atoms with Crippen LogP contribution in [-0.4, -0.2) is 48.4 Å². The number of hydrogen-bond donors (Lipinski definition) is 1. The summed E-state index contributed by atoms with van der Waals surface area (Å²) in [5, 5.41) is 7.58. The van der Waals surface area contributed by atoms with Gasteiger partial charge in [-0.25, -0.2) is 0 Å². The van der Waals surface area contributed by atoms with Crippen LogP contribution in [0.5, 0.6) is 17.2 Å². The summed E-state index contributed by atoms with van der Waals surface area (Å²) in [7, 11) is 3.24. The minimum Gasteiger partial charge on any atom is -0.494 e. The molecule has 184 valence electrons. The number of carbonyl (C=O) groups excluding carboxylic acids is 1. The Kier molecular flexibility index (Phi) is 6.62. The van der Waals surface area contributed by atoms with Crippen molar-refractivity contribution in [2.45, 2.75) is 19.4 Å².